The van der Waals surface area contributed by atoms with Crippen molar-refractivity contribution in [2.75, 3.05) is 46.8 Å². The summed E-state index contributed by atoms with van der Waals surface area (Å²) in [7, 11) is 3.90. The maximum atomic E-state index is 13.7. The smallest absolute Gasteiger partial charge is 0.276 e. The fraction of sp³-hybridized carbons (Fsp3) is 0.750. The van der Waals surface area contributed by atoms with Crippen molar-refractivity contribution in [1.82, 2.24) is 62.6 Å². The number of nitrogens with one attached hydrogen (secondary N) is 9. The number of likely N-dealkylation sites (tertiary alicyclic amines) is 1. The number of unbranched alkanes of at least 4 members (excludes halogenated alkanes) is 5. The van der Waals surface area contributed by atoms with Crippen molar-refractivity contribution in [2.24, 2.45) is 5.92 Å². The van der Waals surface area contributed by atoms with Crippen molar-refractivity contribution < 1.29 is 52.4 Å². The van der Waals surface area contributed by atoms with Gasteiger partial charge in [0.1, 0.15) is 41.0 Å². The minimum Gasteiger partial charge on any atom is -0.448 e. The predicted molar refractivity (Wildman–Crippen MR) is 280 cm³/mol. The van der Waals surface area contributed by atoms with E-state index >= 15 is 0 Å². The van der Waals surface area contributed by atoms with Gasteiger partial charge in [-0.25, -0.2) is 4.98 Å². The van der Waals surface area contributed by atoms with Crippen LogP contribution in [0.5, 0.6) is 0 Å². The van der Waals surface area contributed by atoms with Gasteiger partial charge < -0.3 is 62.1 Å². The molecule has 1 aliphatic heterocycles. The summed E-state index contributed by atoms with van der Waals surface area (Å²) in [4.78, 5) is 141. The molecule has 1 aliphatic carbocycles. The Morgan fingerprint density at radius 2 is 1.35 bits per heavy atom. The molecule has 0 radical (unpaired) electrons. The van der Waals surface area contributed by atoms with E-state index in [2.05, 4.69) is 59.8 Å². The molecule has 1 aromatic heterocycles. The lowest BCUT2D eigenvalue weighted by atomic mass is 9.76. The number of hydrogen-bond donors (Lipinski definition) is 9. The molecule has 1 unspecified atom stereocenters. The van der Waals surface area contributed by atoms with Gasteiger partial charge in [-0.2, -0.15) is 0 Å². The number of aryl methyl sites for hydroxylation is 1. The van der Waals surface area contributed by atoms with Gasteiger partial charge in [-0.15, -0.1) is 0 Å². The van der Waals surface area contributed by atoms with E-state index in [1.807, 2.05) is 32.8 Å². The summed E-state index contributed by atoms with van der Waals surface area (Å²) in [6.07, 6.45) is 11.1. The average molecular weight is 1060 g/mol. The third kappa shape index (κ3) is 20.5. The maximum Gasteiger partial charge on any atom is 0.276 e. The molecule has 10 amide bonds. The molecular weight excluding hydrogens is 969 g/mol. The fourth-order valence-corrected chi connectivity index (χ4v) is 8.98. The molecule has 1 aromatic rings. The van der Waals surface area contributed by atoms with Crippen LogP contribution in [0.3, 0.4) is 0 Å². The van der Waals surface area contributed by atoms with Crippen LogP contribution in [-0.4, -0.2) is 161 Å². The molecule has 2 heterocycles. The second kappa shape index (κ2) is 28.7. The average Bonchev–Trinajstić information content (AvgIpc) is 3.98. The number of oxazole rings is 1. The molecule has 75 heavy (non-hydrogen) atoms. The van der Waals surface area contributed by atoms with E-state index in [0.717, 1.165) is 57.9 Å². The molecule has 0 bridgehead atoms. The van der Waals surface area contributed by atoms with Crippen molar-refractivity contribution in [3.05, 3.63) is 17.8 Å². The molecule has 2 aliphatic rings. The Hall–Kier alpha value is -6.13. The number of nitrogens with zero attached hydrogens (tertiary/aromatic N) is 3. The molecule has 9 N–H and O–H groups in total. The Morgan fingerprint density at radius 1 is 0.733 bits per heavy atom. The maximum absolute atomic E-state index is 13.7. The first-order valence-electron chi connectivity index (χ1n) is 26.6. The summed E-state index contributed by atoms with van der Waals surface area (Å²) in [5, 5.41) is 24.2. The largest absolute Gasteiger partial charge is 0.448 e. The molecule has 1 saturated heterocycles. The second-order valence-electron chi connectivity index (χ2n) is 22.5. The summed E-state index contributed by atoms with van der Waals surface area (Å²) >= 11 is 0. The van der Waals surface area contributed by atoms with Gasteiger partial charge >= 0.3 is 0 Å². The van der Waals surface area contributed by atoms with Crippen LogP contribution in [0.2, 0.25) is 0 Å². The van der Waals surface area contributed by atoms with Gasteiger partial charge in [-0.3, -0.25) is 47.9 Å². The minimum absolute atomic E-state index is 0.0499. The van der Waals surface area contributed by atoms with Crippen LogP contribution < -0.4 is 47.9 Å². The lowest BCUT2D eigenvalue weighted by molar-refractivity contribution is -0.138. The first-order chi connectivity index (χ1) is 35.0. The number of carbonyl (C=O) groups is 10. The SMILES string of the molecule is CCCCCCCC[C@H](NC(=O)C1CCCN1C(=O)c1coc(C)n1)C(=O)NCC(=O)NC(C)(C)C(=O)NCC(=O)N[C@@H](CC(C)C)C(=O)NC(C)(C)C(=O)NC(C)(C)C(=O)NCCC(=O)NC1(CN(C)C)CCC1. The highest BCUT2D eigenvalue weighted by molar-refractivity contribution is 6.00. The van der Waals surface area contributed by atoms with Crippen molar-refractivity contribution in [2.45, 2.75) is 199 Å². The summed E-state index contributed by atoms with van der Waals surface area (Å²) in [6, 6.07) is -2.97. The van der Waals surface area contributed by atoms with Crippen LogP contribution in [-0.2, 0) is 43.2 Å². The molecular formula is C52H88N12O11. The highest BCUT2D eigenvalue weighted by Gasteiger charge is 2.41. The minimum atomic E-state index is -1.58. The molecule has 23 nitrogen and oxygen atoms in total. The number of carbonyl (C=O) groups excluding carboxylic acids is 10. The normalized spacial score (nSPS) is 16.2. The molecule has 23 heteroatoms. The second-order valence-corrected chi connectivity index (χ2v) is 22.5. The molecule has 0 spiro atoms. The molecule has 3 atom stereocenters. The van der Waals surface area contributed by atoms with Crippen LogP contribution in [0.25, 0.3) is 0 Å². The third-order valence-corrected chi connectivity index (χ3v) is 13.3. The summed E-state index contributed by atoms with van der Waals surface area (Å²) < 4.78 is 5.19. The van der Waals surface area contributed by atoms with Gasteiger partial charge in [0.05, 0.1) is 18.6 Å². The highest BCUT2D eigenvalue weighted by atomic mass is 16.3. The van der Waals surface area contributed by atoms with Crippen molar-refractivity contribution in [3.63, 3.8) is 0 Å². The summed E-state index contributed by atoms with van der Waals surface area (Å²) in [6.45, 7) is 16.1. The van der Waals surface area contributed by atoms with Crippen LogP contribution in [0.15, 0.2) is 10.7 Å². The Labute approximate surface area is 442 Å². The monoisotopic (exact) mass is 1060 g/mol. The van der Waals surface area contributed by atoms with Gasteiger partial charge in [0.15, 0.2) is 11.6 Å². The number of hydrogen-bond acceptors (Lipinski definition) is 13. The van der Waals surface area contributed by atoms with E-state index in [4.69, 9.17) is 4.42 Å². The Morgan fingerprint density at radius 3 is 1.95 bits per heavy atom. The van der Waals surface area contributed by atoms with E-state index in [-0.39, 0.29) is 48.9 Å². The van der Waals surface area contributed by atoms with Gasteiger partial charge in [0.25, 0.3) is 5.91 Å². The first kappa shape index (κ1) is 63.2. The van der Waals surface area contributed by atoms with Gasteiger partial charge in [-0.1, -0.05) is 59.3 Å². The van der Waals surface area contributed by atoms with Crippen LogP contribution in [0, 0.1) is 12.8 Å². The van der Waals surface area contributed by atoms with Crippen molar-refractivity contribution in [1.29, 1.82) is 0 Å². The van der Waals surface area contributed by atoms with E-state index in [1.165, 1.54) is 52.7 Å². The summed E-state index contributed by atoms with van der Waals surface area (Å²) in [5.41, 5.74) is -4.75. The Kier molecular flexibility index (Phi) is 24.2. The van der Waals surface area contributed by atoms with Gasteiger partial charge in [-0.05, 0) is 107 Å². The Balaban J connectivity index is 1.51. The number of amides is 10. The standard InChI is InChI=1S/C52H88N12O11/c1-13-14-15-16-17-18-21-35(58-44(70)38-22-19-27-64(38)45(71)37-31-75-34(4)56-37)42(68)54-30-41(67)59-49(5,6)47(73)55-29-40(66)57-36(28-33(2)3)43(69)61-51(9,10)48(74)62-50(7,8)46(72)53-26-23-39(65)60-52(24-20-25-52)32-63(11)12/h31,33,35-36,38H,13-30,32H2,1-12H3,(H,53,72)(H,54,68)(H,55,73)(H,57,66)(H,58,70)(H,59,67)(H,60,65)(H,61,69)(H,62,74)/t35-,36-,38?/m0/s1. The topological polar surface area (TPSA) is 311 Å². The highest BCUT2D eigenvalue weighted by Crippen LogP contribution is 2.32. The molecule has 1 saturated carbocycles. The van der Waals surface area contributed by atoms with Crippen LogP contribution in [0.4, 0.5) is 0 Å². The quantitative estimate of drug-likeness (QED) is 0.0476. The van der Waals surface area contributed by atoms with Gasteiger partial charge in [0.2, 0.25) is 53.2 Å². The van der Waals surface area contributed by atoms with E-state index in [0.29, 0.717) is 31.7 Å². The fourth-order valence-electron chi connectivity index (χ4n) is 8.98. The number of aromatic nitrogens is 1. The zero-order valence-electron chi connectivity index (χ0n) is 46.7. The summed E-state index contributed by atoms with van der Waals surface area (Å²) in [5.74, 6) is -5.65. The van der Waals surface area contributed by atoms with E-state index in [9.17, 15) is 47.9 Å². The Bertz CT molecular complexity index is 2170. The molecule has 2 fully saturated rings. The molecule has 0 aromatic carbocycles. The van der Waals surface area contributed by atoms with Crippen LogP contribution >= 0.6 is 0 Å². The predicted octanol–water partition coefficient (Wildman–Crippen LogP) is 1.38. The molecule has 422 valence electrons. The zero-order valence-corrected chi connectivity index (χ0v) is 46.7. The van der Waals surface area contributed by atoms with E-state index < -0.39 is 101 Å². The number of rotatable bonds is 31. The lowest BCUT2D eigenvalue weighted by Crippen LogP contribution is -2.64. The van der Waals surface area contributed by atoms with Crippen LogP contribution in [0.1, 0.15) is 169 Å². The number of likely N-dealkylation sites (N-methyl/N-ethyl adjacent to an activating group) is 1. The first-order valence-corrected chi connectivity index (χ1v) is 26.6. The van der Waals surface area contributed by atoms with E-state index in [1.54, 1.807) is 6.92 Å². The van der Waals surface area contributed by atoms with Crippen molar-refractivity contribution >= 4 is 59.1 Å². The lowest BCUT2D eigenvalue weighted by Gasteiger charge is -2.44. The molecule has 3 rings (SSSR count). The zero-order chi connectivity index (χ0) is 56.3. The third-order valence-electron chi connectivity index (χ3n) is 13.3. The van der Waals surface area contributed by atoms with Gasteiger partial charge in [0, 0.05) is 33.0 Å². The van der Waals surface area contributed by atoms with Crippen molar-refractivity contribution in [3.8, 4) is 0 Å².